The molecule has 2 aliphatic rings. The Morgan fingerprint density at radius 2 is 2.00 bits per heavy atom. The van der Waals surface area contributed by atoms with Crippen molar-refractivity contribution >= 4 is 17.5 Å². The monoisotopic (exact) mass is 347 g/mol. The summed E-state index contributed by atoms with van der Waals surface area (Å²) < 4.78 is 10.5. The minimum atomic E-state index is -0.294. The third kappa shape index (κ3) is 3.42. The summed E-state index contributed by atoms with van der Waals surface area (Å²) in [6, 6.07) is 5.35. The fraction of sp³-hybridized carbons (Fsp3) is 0.556. The van der Waals surface area contributed by atoms with Crippen LogP contribution in [0.25, 0.3) is 0 Å². The summed E-state index contributed by atoms with van der Waals surface area (Å²) in [5.74, 6) is 1.27. The molecule has 0 bridgehead atoms. The summed E-state index contributed by atoms with van der Waals surface area (Å²) in [5.41, 5.74) is 6.42. The van der Waals surface area contributed by atoms with Crippen LogP contribution < -0.4 is 20.1 Å². The van der Waals surface area contributed by atoms with Gasteiger partial charge in [-0.3, -0.25) is 9.59 Å². The van der Waals surface area contributed by atoms with Crippen molar-refractivity contribution in [3.05, 3.63) is 18.2 Å². The molecule has 0 radical (unpaired) electrons. The normalized spacial score (nSPS) is 23.2. The first-order chi connectivity index (χ1) is 12.1. The van der Waals surface area contributed by atoms with Gasteiger partial charge in [0.05, 0.1) is 20.1 Å². The van der Waals surface area contributed by atoms with Gasteiger partial charge in [-0.05, 0) is 31.0 Å². The lowest BCUT2D eigenvalue weighted by atomic mass is 10.1. The molecule has 0 aliphatic carbocycles. The first kappa shape index (κ1) is 17.5. The number of carbonyl (C=O) groups excluding carboxylic acids is 2. The highest BCUT2D eigenvalue weighted by atomic mass is 16.5. The summed E-state index contributed by atoms with van der Waals surface area (Å²) in [6.45, 7) is 2.44. The van der Waals surface area contributed by atoms with E-state index >= 15 is 0 Å². The summed E-state index contributed by atoms with van der Waals surface area (Å²) in [5, 5.41) is 0. The molecule has 0 unspecified atom stereocenters. The first-order valence-corrected chi connectivity index (χ1v) is 8.58. The second-order valence-corrected chi connectivity index (χ2v) is 6.62. The average molecular weight is 347 g/mol. The number of methoxy groups -OCH3 is 2. The molecule has 2 aliphatic heterocycles. The van der Waals surface area contributed by atoms with Crippen LogP contribution in [0.1, 0.15) is 12.8 Å². The molecule has 2 atom stereocenters. The van der Waals surface area contributed by atoms with Crippen molar-refractivity contribution in [1.29, 1.82) is 0 Å². The third-order valence-corrected chi connectivity index (χ3v) is 5.08. The lowest BCUT2D eigenvalue weighted by Gasteiger charge is -2.21. The van der Waals surface area contributed by atoms with Gasteiger partial charge < -0.3 is 25.0 Å². The largest absolute Gasteiger partial charge is 0.493 e. The van der Waals surface area contributed by atoms with E-state index in [1.165, 1.54) is 0 Å². The molecular weight excluding hydrogens is 322 g/mol. The Morgan fingerprint density at radius 1 is 1.24 bits per heavy atom. The van der Waals surface area contributed by atoms with E-state index in [0.717, 1.165) is 18.7 Å². The molecule has 7 nitrogen and oxygen atoms in total. The molecule has 136 valence electrons. The molecule has 2 heterocycles. The van der Waals surface area contributed by atoms with Crippen molar-refractivity contribution < 1.29 is 19.1 Å². The van der Waals surface area contributed by atoms with Gasteiger partial charge in [-0.1, -0.05) is 0 Å². The van der Waals surface area contributed by atoms with Gasteiger partial charge in [0, 0.05) is 37.8 Å². The number of ether oxygens (including phenoxy) is 2. The Morgan fingerprint density at radius 3 is 2.64 bits per heavy atom. The van der Waals surface area contributed by atoms with Crippen LogP contribution in [0, 0.1) is 11.8 Å². The maximum Gasteiger partial charge on any atom is 0.228 e. The van der Waals surface area contributed by atoms with Crippen molar-refractivity contribution in [2.75, 3.05) is 45.3 Å². The zero-order valence-corrected chi connectivity index (χ0v) is 14.7. The minimum absolute atomic E-state index is 0.0415. The third-order valence-electron chi connectivity index (χ3n) is 5.08. The first-order valence-electron chi connectivity index (χ1n) is 8.58. The Bertz CT molecular complexity index is 664. The molecule has 2 fully saturated rings. The maximum absolute atomic E-state index is 12.7. The number of likely N-dealkylation sites (tertiary alicyclic amines) is 1. The number of rotatable bonds is 5. The number of hydrogen-bond acceptors (Lipinski definition) is 5. The smallest absolute Gasteiger partial charge is 0.228 e. The molecule has 1 aromatic rings. The lowest BCUT2D eigenvalue weighted by Crippen LogP contribution is -2.36. The molecule has 7 heteroatoms. The van der Waals surface area contributed by atoms with Gasteiger partial charge in [0.15, 0.2) is 11.5 Å². The van der Waals surface area contributed by atoms with Gasteiger partial charge in [-0.2, -0.15) is 0 Å². The Kier molecular flexibility index (Phi) is 5.13. The number of benzene rings is 1. The fourth-order valence-electron chi connectivity index (χ4n) is 3.60. The van der Waals surface area contributed by atoms with Crippen LogP contribution in [0.5, 0.6) is 11.5 Å². The molecule has 0 aromatic heterocycles. The SMILES string of the molecule is COc1ccc(N2C[C@H](C(=O)N3CC[C@@H](CN)C3)CC2=O)cc1OC. The second kappa shape index (κ2) is 7.31. The van der Waals surface area contributed by atoms with Crippen molar-refractivity contribution in [1.82, 2.24) is 4.90 Å². The molecule has 0 saturated carbocycles. The van der Waals surface area contributed by atoms with Gasteiger partial charge in [0.25, 0.3) is 0 Å². The Balaban J connectivity index is 1.71. The number of anilines is 1. The highest BCUT2D eigenvalue weighted by Gasteiger charge is 2.39. The average Bonchev–Trinajstić information content (AvgIpc) is 3.27. The van der Waals surface area contributed by atoms with Gasteiger partial charge in [-0.15, -0.1) is 0 Å². The summed E-state index contributed by atoms with van der Waals surface area (Å²) >= 11 is 0. The van der Waals surface area contributed by atoms with Crippen molar-refractivity contribution in [3.63, 3.8) is 0 Å². The van der Waals surface area contributed by atoms with Gasteiger partial charge in [-0.25, -0.2) is 0 Å². The Labute approximate surface area is 147 Å². The molecule has 2 N–H and O–H groups in total. The van der Waals surface area contributed by atoms with Crippen LogP contribution in [0.3, 0.4) is 0 Å². The van der Waals surface area contributed by atoms with Crippen LogP contribution in [-0.4, -0.2) is 57.1 Å². The predicted octanol–water partition coefficient (Wildman–Crippen LogP) is 0.864. The van der Waals surface area contributed by atoms with Gasteiger partial charge >= 0.3 is 0 Å². The van der Waals surface area contributed by atoms with Crippen LogP contribution >= 0.6 is 0 Å². The maximum atomic E-state index is 12.7. The molecule has 2 amide bonds. The molecular formula is C18H25N3O4. The number of carbonyl (C=O) groups is 2. The molecule has 3 rings (SSSR count). The van der Waals surface area contributed by atoms with Gasteiger partial charge in [0.2, 0.25) is 11.8 Å². The molecule has 25 heavy (non-hydrogen) atoms. The van der Waals surface area contributed by atoms with E-state index < -0.39 is 0 Å². The topological polar surface area (TPSA) is 85.1 Å². The minimum Gasteiger partial charge on any atom is -0.493 e. The molecule has 1 aromatic carbocycles. The number of amides is 2. The van der Waals surface area contributed by atoms with Crippen molar-refractivity contribution in [3.8, 4) is 11.5 Å². The van der Waals surface area contributed by atoms with Crippen molar-refractivity contribution in [2.24, 2.45) is 17.6 Å². The van der Waals surface area contributed by atoms with Crippen LogP contribution in [-0.2, 0) is 9.59 Å². The highest BCUT2D eigenvalue weighted by molar-refractivity contribution is 6.00. The summed E-state index contributed by atoms with van der Waals surface area (Å²) in [7, 11) is 3.12. The standard InChI is InChI=1S/C18H25N3O4/c1-24-15-4-3-14(8-16(15)25-2)21-11-13(7-17(21)22)18(23)20-6-5-12(9-19)10-20/h3-4,8,12-13H,5-7,9-11,19H2,1-2H3/t12-,13+/m0/s1. The van der Waals surface area contributed by atoms with Crippen LogP contribution in [0.15, 0.2) is 18.2 Å². The number of hydrogen-bond donors (Lipinski definition) is 1. The summed E-state index contributed by atoms with van der Waals surface area (Å²) in [4.78, 5) is 28.7. The zero-order valence-electron chi connectivity index (χ0n) is 14.7. The number of nitrogens with zero attached hydrogens (tertiary/aromatic N) is 2. The molecule has 2 saturated heterocycles. The zero-order chi connectivity index (χ0) is 18.0. The quantitative estimate of drug-likeness (QED) is 0.854. The Hall–Kier alpha value is -2.28. The van der Waals surface area contributed by atoms with E-state index in [9.17, 15) is 9.59 Å². The van der Waals surface area contributed by atoms with E-state index in [0.29, 0.717) is 37.1 Å². The van der Waals surface area contributed by atoms with Crippen LogP contribution in [0.2, 0.25) is 0 Å². The fourth-order valence-corrected chi connectivity index (χ4v) is 3.60. The molecule has 0 spiro atoms. The van der Waals surface area contributed by atoms with Crippen LogP contribution in [0.4, 0.5) is 5.69 Å². The van der Waals surface area contributed by atoms with E-state index in [1.54, 1.807) is 31.3 Å². The lowest BCUT2D eigenvalue weighted by molar-refractivity contribution is -0.134. The number of nitrogens with two attached hydrogens (primary N) is 1. The highest BCUT2D eigenvalue weighted by Crippen LogP contribution is 2.34. The van der Waals surface area contributed by atoms with E-state index in [1.807, 2.05) is 11.0 Å². The van der Waals surface area contributed by atoms with E-state index in [-0.39, 0.29) is 24.2 Å². The predicted molar refractivity (Wildman–Crippen MR) is 93.7 cm³/mol. The summed E-state index contributed by atoms with van der Waals surface area (Å²) in [6.07, 6.45) is 1.19. The van der Waals surface area contributed by atoms with Crippen molar-refractivity contribution in [2.45, 2.75) is 12.8 Å². The second-order valence-electron chi connectivity index (χ2n) is 6.62. The van der Waals surface area contributed by atoms with E-state index in [2.05, 4.69) is 0 Å². The van der Waals surface area contributed by atoms with E-state index in [4.69, 9.17) is 15.2 Å². The van der Waals surface area contributed by atoms with Gasteiger partial charge in [0.1, 0.15) is 0 Å².